The Bertz CT molecular complexity index is 453. The topological polar surface area (TPSA) is 78.9 Å². The van der Waals surface area contributed by atoms with Crippen molar-refractivity contribution in [2.45, 2.75) is 40.7 Å². The lowest BCUT2D eigenvalue weighted by atomic mass is 10.0. The van der Waals surface area contributed by atoms with Gasteiger partial charge in [-0.2, -0.15) is 5.10 Å². The van der Waals surface area contributed by atoms with Gasteiger partial charge in [0.15, 0.2) is 5.82 Å². The molecule has 18 heavy (non-hydrogen) atoms. The lowest BCUT2D eigenvalue weighted by Crippen LogP contribution is -2.36. The minimum absolute atomic E-state index is 0.0447. The number of anilines is 1. The van der Waals surface area contributed by atoms with Crippen molar-refractivity contribution in [3.63, 3.8) is 0 Å². The van der Waals surface area contributed by atoms with E-state index in [0.29, 0.717) is 23.3 Å². The molecule has 1 rings (SSSR count). The van der Waals surface area contributed by atoms with Gasteiger partial charge < -0.3 is 10.6 Å². The van der Waals surface area contributed by atoms with E-state index >= 15 is 0 Å². The van der Waals surface area contributed by atoms with Crippen LogP contribution in [0.2, 0.25) is 0 Å². The van der Waals surface area contributed by atoms with Gasteiger partial charge >= 0.3 is 0 Å². The van der Waals surface area contributed by atoms with Crippen LogP contribution >= 0.6 is 0 Å². The molecule has 0 aromatic carbocycles. The summed E-state index contributed by atoms with van der Waals surface area (Å²) in [4.78, 5) is 2.04. The Kier molecular flexibility index (Phi) is 4.27. The van der Waals surface area contributed by atoms with Gasteiger partial charge in [-0.15, -0.1) is 5.10 Å². The molecule has 0 aliphatic rings. The summed E-state index contributed by atoms with van der Waals surface area (Å²) in [5.41, 5.74) is 8.12. The van der Waals surface area contributed by atoms with Gasteiger partial charge in [0, 0.05) is 13.1 Å². The Balaban J connectivity index is 3.33. The van der Waals surface area contributed by atoms with E-state index in [1.165, 1.54) is 0 Å². The Morgan fingerprint density at radius 2 is 1.78 bits per heavy atom. The molecule has 5 nitrogen and oxygen atoms in total. The summed E-state index contributed by atoms with van der Waals surface area (Å²) >= 11 is 0. The number of aromatic nitrogens is 2. The third kappa shape index (κ3) is 2.60. The predicted octanol–water partition coefficient (Wildman–Crippen LogP) is 1.86. The molecule has 0 saturated carbocycles. The maximum Gasteiger partial charge on any atom is 0.162 e. The second-order valence-corrected chi connectivity index (χ2v) is 5.12. The monoisotopic (exact) mass is 249 g/mol. The molecular formula is C13H23N5. The van der Waals surface area contributed by atoms with E-state index in [1.54, 1.807) is 0 Å². The molecule has 3 N–H and O–H groups in total. The van der Waals surface area contributed by atoms with Gasteiger partial charge in [-0.25, -0.2) is 0 Å². The molecule has 1 atom stereocenters. The molecule has 1 unspecified atom stereocenters. The fraction of sp³-hybridized carbons (Fsp3) is 0.615. The largest absolute Gasteiger partial charge is 0.384 e. The second kappa shape index (κ2) is 5.33. The molecule has 5 heteroatoms. The number of hydrogen-bond donors (Lipinski definition) is 2. The van der Waals surface area contributed by atoms with E-state index in [1.807, 2.05) is 25.8 Å². The van der Waals surface area contributed by atoms with Crippen LogP contribution in [0.4, 0.5) is 5.82 Å². The van der Waals surface area contributed by atoms with Crippen molar-refractivity contribution in [1.82, 2.24) is 10.2 Å². The molecule has 1 aromatic rings. The minimum Gasteiger partial charge on any atom is -0.384 e. The SMILES string of the molecule is Cc1nnc(N(C)C(C)C(C)C)c(C(=N)N)c1C. The van der Waals surface area contributed by atoms with Crippen molar-refractivity contribution in [2.24, 2.45) is 11.7 Å². The molecule has 0 fully saturated rings. The number of nitrogens with zero attached hydrogens (tertiary/aromatic N) is 3. The van der Waals surface area contributed by atoms with Crippen LogP contribution in [0.25, 0.3) is 0 Å². The summed E-state index contributed by atoms with van der Waals surface area (Å²) in [5.74, 6) is 1.22. The highest BCUT2D eigenvalue weighted by atomic mass is 15.3. The first kappa shape index (κ1) is 14.4. The lowest BCUT2D eigenvalue weighted by Gasteiger charge is -2.30. The molecule has 1 heterocycles. The third-order valence-electron chi connectivity index (χ3n) is 3.62. The summed E-state index contributed by atoms with van der Waals surface area (Å²) in [7, 11) is 1.97. The number of nitrogens with two attached hydrogens (primary N) is 1. The van der Waals surface area contributed by atoms with Crippen molar-refractivity contribution in [1.29, 1.82) is 5.41 Å². The normalized spacial score (nSPS) is 12.6. The van der Waals surface area contributed by atoms with Crippen LogP contribution in [0, 0.1) is 25.2 Å². The first-order valence-corrected chi connectivity index (χ1v) is 6.18. The second-order valence-electron chi connectivity index (χ2n) is 5.12. The van der Waals surface area contributed by atoms with Gasteiger partial charge in [0.1, 0.15) is 5.84 Å². The van der Waals surface area contributed by atoms with Crippen LogP contribution in [0.1, 0.15) is 37.6 Å². The highest BCUT2D eigenvalue weighted by molar-refractivity contribution is 6.01. The van der Waals surface area contributed by atoms with Gasteiger partial charge in [0.25, 0.3) is 0 Å². The molecule has 0 amide bonds. The average molecular weight is 249 g/mol. The van der Waals surface area contributed by atoms with Gasteiger partial charge in [0.05, 0.1) is 11.3 Å². The number of nitrogen functional groups attached to an aromatic ring is 1. The quantitative estimate of drug-likeness (QED) is 0.630. The van der Waals surface area contributed by atoms with Crippen LogP contribution < -0.4 is 10.6 Å². The minimum atomic E-state index is 0.0447. The Hall–Kier alpha value is -1.65. The van der Waals surface area contributed by atoms with E-state index in [0.717, 1.165) is 11.3 Å². The van der Waals surface area contributed by atoms with Crippen molar-refractivity contribution in [3.05, 3.63) is 16.8 Å². The molecular weight excluding hydrogens is 226 g/mol. The molecule has 0 spiro atoms. The fourth-order valence-corrected chi connectivity index (χ4v) is 1.81. The van der Waals surface area contributed by atoms with Crippen LogP contribution in [-0.2, 0) is 0 Å². The standard InChI is InChI=1S/C13H23N5/c1-7(2)10(5)18(6)13-11(12(14)15)8(3)9(4)16-17-13/h7,10H,1-6H3,(H3,14,15). The predicted molar refractivity (Wildman–Crippen MR) is 75.2 cm³/mol. The Morgan fingerprint density at radius 3 is 2.22 bits per heavy atom. The lowest BCUT2D eigenvalue weighted by molar-refractivity contribution is 0.501. The smallest absolute Gasteiger partial charge is 0.162 e. The molecule has 0 saturated heterocycles. The zero-order valence-corrected chi connectivity index (χ0v) is 12.1. The van der Waals surface area contributed by atoms with Gasteiger partial charge in [-0.05, 0) is 32.3 Å². The first-order chi connectivity index (χ1) is 8.27. The number of amidine groups is 1. The Labute approximate surface area is 109 Å². The van der Waals surface area contributed by atoms with Crippen LogP contribution in [0.3, 0.4) is 0 Å². The molecule has 0 radical (unpaired) electrons. The molecule has 100 valence electrons. The summed E-state index contributed by atoms with van der Waals surface area (Å²) in [5, 5.41) is 16.1. The first-order valence-electron chi connectivity index (χ1n) is 6.18. The van der Waals surface area contributed by atoms with E-state index in [4.69, 9.17) is 11.1 Å². The van der Waals surface area contributed by atoms with Crippen LogP contribution in [-0.4, -0.2) is 29.1 Å². The average Bonchev–Trinajstić information content (AvgIpc) is 2.29. The van der Waals surface area contributed by atoms with Crippen molar-refractivity contribution < 1.29 is 0 Å². The molecule has 1 aromatic heterocycles. The number of aryl methyl sites for hydroxylation is 1. The fourth-order valence-electron chi connectivity index (χ4n) is 1.81. The van der Waals surface area contributed by atoms with Crippen molar-refractivity contribution >= 4 is 11.7 Å². The summed E-state index contributed by atoms with van der Waals surface area (Å²) in [6.45, 7) is 10.3. The van der Waals surface area contributed by atoms with E-state index in [9.17, 15) is 0 Å². The van der Waals surface area contributed by atoms with Crippen LogP contribution in [0.5, 0.6) is 0 Å². The van der Waals surface area contributed by atoms with Crippen LogP contribution in [0.15, 0.2) is 0 Å². The number of hydrogen-bond acceptors (Lipinski definition) is 4. The van der Waals surface area contributed by atoms with E-state index in [-0.39, 0.29) is 5.84 Å². The zero-order valence-electron chi connectivity index (χ0n) is 12.1. The zero-order chi connectivity index (χ0) is 14.0. The number of rotatable bonds is 4. The summed E-state index contributed by atoms with van der Waals surface area (Å²) < 4.78 is 0. The molecule has 0 aliphatic heterocycles. The van der Waals surface area contributed by atoms with Gasteiger partial charge in [0.2, 0.25) is 0 Å². The maximum atomic E-state index is 7.74. The molecule has 0 aliphatic carbocycles. The van der Waals surface area contributed by atoms with Crippen molar-refractivity contribution in [3.8, 4) is 0 Å². The summed E-state index contributed by atoms with van der Waals surface area (Å²) in [6, 6.07) is 0.305. The third-order valence-corrected chi connectivity index (χ3v) is 3.62. The highest BCUT2D eigenvalue weighted by Gasteiger charge is 2.21. The summed E-state index contributed by atoms with van der Waals surface area (Å²) in [6.07, 6.45) is 0. The molecule has 0 bridgehead atoms. The van der Waals surface area contributed by atoms with Crippen molar-refractivity contribution in [2.75, 3.05) is 11.9 Å². The van der Waals surface area contributed by atoms with E-state index < -0.39 is 0 Å². The Morgan fingerprint density at radius 1 is 1.22 bits per heavy atom. The van der Waals surface area contributed by atoms with Gasteiger partial charge in [-0.1, -0.05) is 13.8 Å². The highest BCUT2D eigenvalue weighted by Crippen LogP contribution is 2.24. The number of nitrogens with one attached hydrogen (secondary N) is 1. The maximum absolute atomic E-state index is 7.74. The van der Waals surface area contributed by atoms with Gasteiger partial charge in [-0.3, -0.25) is 5.41 Å². The van der Waals surface area contributed by atoms with E-state index in [2.05, 4.69) is 31.0 Å².